The fourth-order valence-electron chi connectivity index (χ4n) is 0.601. The minimum Gasteiger partial charge on any atom is -0.388 e. The third-order valence-electron chi connectivity index (χ3n) is 1.01. The highest BCUT2D eigenvalue weighted by Gasteiger charge is 1.98. The van der Waals surface area contributed by atoms with Crippen molar-refractivity contribution >= 4 is 0 Å². The zero-order chi connectivity index (χ0) is 5.82. The Morgan fingerprint density at radius 2 is 2.38 bits per heavy atom. The van der Waals surface area contributed by atoms with E-state index in [2.05, 4.69) is 10.9 Å². The largest absolute Gasteiger partial charge is 0.388 e. The highest BCUT2D eigenvalue weighted by molar-refractivity contribution is 4.92. The standard InChI is InChI=1S/C5H10N2O/c8-5-2-1-3-6-7-4-5/h1-2,5-8H,3-4H2. The number of aliphatic hydroxyl groups excluding tert-OH is 1. The first-order chi connectivity index (χ1) is 3.89. The summed E-state index contributed by atoms with van der Waals surface area (Å²) in [6.45, 7) is 1.38. The topological polar surface area (TPSA) is 44.3 Å². The fraction of sp³-hybridized carbons (Fsp3) is 0.600. The molecule has 0 aliphatic carbocycles. The Morgan fingerprint density at radius 3 is 3.25 bits per heavy atom. The van der Waals surface area contributed by atoms with E-state index in [1.54, 1.807) is 6.08 Å². The van der Waals surface area contributed by atoms with Gasteiger partial charge in [0.15, 0.2) is 0 Å². The molecule has 0 fully saturated rings. The summed E-state index contributed by atoms with van der Waals surface area (Å²) in [5.74, 6) is 0. The average molecular weight is 114 g/mol. The van der Waals surface area contributed by atoms with Gasteiger partial charge in [0.05, 0.1) is 6.10 Å². The number of rotatable bonds is 0. The quantitative estimate of drug-likeness (QED) is 0.354. The van der Waals surface area contributed by atoms with Crippen LogP contribution in [-0.2, 0) is 0 Å². The third kappa shape index (κ3) is 1.61. The summed E-state index contributed by atoms with van der Waals surface area (Å²) in [7, 11) is 0. The number of hydrazine groups is 1. The Balaban J connectivity index is 2.33. The molecule has 3 heteroatoms. The summed E-state index contributed by atoms with van der Waals surface area (Å²) in [5.41, 5.74) is 5.72. The minimum atomic E-state index is -0.329. The molecule has 46 valence electrons. The second-order valence-corrected chi connectivity index (χ2v) is 1.76. The van der Waals surface area contributed by atoms with Crippen LogP contribution >= 0.6 is 0 Å². The minimum absolute atomic E-state index is 0.329. The van der Waals surface area contributed by atoms with Gasteiger partial charge < -0.3 is 5.11 Å². The Labute approximate surface area is 48.4 Å². The molecule has 1 heterocycles. The molecule has 0 bridgehead atoms. The van der Waals surface area contributed by atoms with Crippen LogP contribution in [0.2, 0.25) is 0 Å². The molecular weight excluding hydrogens is 104 g/mol. The van der Waals surface area contributed by atoms with Gasteiger partial charge in [0.25, 0.3) is 0 Å². The number of aliphatic hydroxyl groups is 1. The Kier molecular flexibility index (Phi) is 2.02. The van der Waals surface area contributed by atoms with Crippen molar-refractivity contribution in [2.75, 3.05) is 13.1 Å². The maximum absolute atomic E-state index is 8.90. The van der Waals surface area contributed by atoms with Gasteiger partial charge in [0.1, 0.15) is 0 Å². The van der Waals surface area contributed by atoms with Crippen LogP contribution < -0.4 is 10.9 Å². The van der Waals surface area contributed by atoms with E-state index >= 15 is 0 Å². The first kappa shape index (κ1) is 5.75. The summed E-state index contributed by atoms with van der Waals surface area (Å²) in [5, 5.41) is 8.90. The van der Waals surface area contributed by atoms with Gasteiger partial charge in [0.2, 0.25) is 0 Å². The number of β-amino-alcohol motifs (C(OH)–C–C–N with tert-alkyl or cyclic N) is 1. The van der Waals surface area contributed by atoms with Crippen molar-refractivity contribution in [2.24, 2.45) is 0 Å². The highest BCUT2D eigenvalue weighted by atomic mass is 16.3. The van der Waals surface area contributed by atoms with Crippen molar-refractivity contribution in [2.45, 2.75) is 6.10 Å². The van der Waals surface area contributed by atoms with E-state index in [1.165, 1.54) is 0 Å². The lowest BCUT2D eigenvalue weighted by Gasteiger charge is -2.01. The molecule has 1 atom stereocenters. The molecule has 0 aromatic heterocycles. The second kappa shape index (κ2) is 2.81. The van der Waals surface area contributed by atoms with E-state index in [9.17, 15) is 0 Å². The third-order valence-corrected chi connectivity index (χ3v) is 1.01. The SMILES string of the molecule is OC1C=CCNNC1. The molecule has 1 aliphatic rings. The number of hydrogen-bond donors (Lipinski definition) is 3. The first-order valence-electron chi connectivity index (χ1n) is 2.70. The van der Waals surface area contributed by atoms with Crippen LogP contribution in [0.25, 0.3) is 0 Å². The normalized spacial score (nSPS) is 29.9. The Morgan fingerprint density at radius 1 is 1.50 bits per heavy atom. The maximum Gasteiger partial charge on any atom is 0.0859 e. The molecule has 0 saturated carbocycles. The predicted octanol–water partition coefficient (Wildman–Crippen LogP) is -0.989. The van der Waals surface area contributed by atoms with Crippen LogP contribution in [0, 0.1) is 0 Å². The van der Waals surface area contributed by atoms with Gasteiger partial charge in [-0.15, -0.1) is 0 Å². The molecule has 0 spiro atoms. The molecular formula is C5H10N2O. The van der Waals surface area contributed by atoms with Crippen LogP contribution in [0.1, 0.15) is 0 Å². The molecule has 0 radical (unpaired) electrons. The maximum atomic E-state index is 8.90. The smallest absolute Gasteiger partial charge is 0.0859 e. The first-order valence-corrected chi connectivity index (χ1v) is 2.70. The highest BCUT2D eigenvalue weighted by Crippen LogP contribution is 1.84. The summed E-state index contributed by atoms with van der Waals surface area (Å²) >= 11 is 0. The molecule has 0 aromatic carbocycles. The summed E-state index contributed by atoms with van der Waals surface area (Å²) < 4.78 is 0. The van der Waals surface area contributed by atoms with Gasteiger partial charge in [-0.2, -0.15) is 0 Å². The zero-order valence-electron chi connectivity index (χ0n) is 4.59. The van der Waals surface area contributed by atoms with E-state index in [4.69, 9.17) is 5.11 Å². The Bertz CT molecular complexity index is 92.4. The van der Waals surface area contributed by atoms with E-state index < -0.39 is 0 Å². The van der Waals surface area contributed by atoms with Crippen LogP contribution in [0.5, 0.6) is 0 Å². The van der Waals surface area contributed by atoms with Crippen molar-refractivity contribution in [1.29, 1.82) is 0 Å². The van der Waals surface area contributed by atoms with E-state index in [0.29, 0.717) is 6.54 Å². The molecule has 0 amide bonds. The van der Waals surface area contributed by atoms with Crippen molar-refractivity contribution in [1.82, 2.24) is 10.9 Å². The Hall–Kier alpha value is -0.380. The molecule has 1 aliphatic heterocycles. The summed E-state index contributed by atoms with van der Waals surface area (Å²) in [4.78, 5) is 0. The average Bonchev–Trinajstić information content (AvgIpc) is 1.94. The molecule has 8 heavy (non-hydrogen) atoms. The molecule has 3 N–H and O–H groups in total. The lowest BCUT2D eigenvalue weighted by Crippen LogP contribution is -2.34. The van der Waals surface area contributed by atoms with Gasteiger partial charge in [-0.1, -0.05) is 12.2 Å². The van der Waals surface area contributed by atoms with Gasteiger partial charge in [-0.3, -0.25) is 10.9 Å². The zero-order valence-corrected chi connectivity index (χ0v) is 4.59. The lowest BCUT2D eigenvalue weighted by atomic mass is 10.3. The monoisotopic (exact) mass is 114 g/mol. The number of nitrogens with one attached hydrogen (secondary N) is 2. The molecule has 3 nitrogen and oxygen atoms in total. The van der Waals surface area contributed by atoms with Crippen LogP contribution in [-0.4, -0.2) is 24.3 Å². The van der Waals surface area contributed by atoms with Crippen LogP contribution in [0.4, 0.5) is 0 Å². The van der Waals surface area contributed by atoms with Gasteiger partial charge in [-0.05, 0) is 0 Å². The predicted molar refractivity (Wildman–Crippen MR) is 31.2 cm³/mol. The fourth-order valence-corrected chi connectivity index (χ4v) is 0.601. The van der Waals surface area contributed by atoms with Crippen molar-refractivity contribution < 1.29 is 5.11 Å². The van der Waals surface area contributed by atoms with Crippen molar-refractivity contribution in [3.8, 4) is 0 Å². The summed E-state index contributed by atoms with van der Waals surface area (Å²) in [6, 6.07) is 0. The molecule has 1 unspecified atom stereocenters. The second-order valence-electron chi connectivity index (χ2n) is 1.76. The molecule has 0 saturated heterocycles. The summed E-state index contributed by atoms with van der Waals surface area (Å²) in [6.07, 6.45) is 3.34. The molecule has 0 aromatic rings. The van der Waals surface area contributed by atoms with E-state index in [1.807, 2.05) is 6.08 Å². The molecule has 1 rings (SSSR count). The van der Waals surface area contributed by atoms with Gasteiger partial charge in [0, 0.05) is 13.1 Å². The van der Waals surface area contributed by atoms with Gasteiger partial charge in [-0.25, -0.2) is 0 Å². The van der Waals surface area contributed by atoms with Crippen molar-refractivity contribution in [3.63, 3.8) is 0 Å². The van der Waals surface area contributed by atoms with Crippen molar-refractivity contribution in [3.05, 3.63) is 12.2 Å². The number of hydrogen-bond acceptors (Lipinski definition) is 3. The van der Waals surface area contributed by atoms with E-state index in [-0.39, 0.29) is 6.10 Å². The van der Waals surface area contributed by atoms with Gasteiger partial charge >= 0.3 is 0 Å². The van der Waals surface area contributed by atoms with Crippen LogP contribution in [0.15, 0.2) is 12.2 Å². The lowest BCUT2D eigenvalue weighted by molar-refractivity contribution is 0.217. The van der Waals surface area contributed by atoms with Crippen LogP contribution in [0.3, 0.4) is 0 Å². The van der Waals surface area contributed by atoms with E-state index in [0.717, 1.165) is 6.54 Å².